The highest BCUT2D eigenvalue weighted by atomic mass is 32.2. The molecule has 1 aromatic carbocycles. The molecule has 5 heteroatoms. The van der Waals surface area contributed by atoms with E-state index in [2.05, 4.69) is 4.53 Å². The van der Waals surface area contributed by atoms with Crippen molar-refractivity contribution in [3.05, 3.63) is 30.3 Å². The third-order valence-corrected chi connectivity index (χ3v) is 2.27. The van der Waals surface area contributed by atoms with E-state index >= 15 is 0 Å². The van der Waals surface area contributed by atoms with E-state index in [1.165, 1.54) is 12.1 Å². The molecule has 0 aliphatic heterocycles. The van der Waals surface area contributed by atoms with Crippen LogP contribution in [0.1, 0.15) is 0 Å². The summed E-state index contributed by atoms with van der Waals surface area (Å²) in [5.41, 5.74) is 0. The van der Waals surface area contributed by atoms with Crippen LogP contribution in [0.15, 0.2) is 39.8 Å². The van der Waals surface area contributed by atoms with Crippen molar-refractivity contribution in [1.29, 1.82) is 0 Å². The van der Waals surface area contributed by atoms with Gasteiger partial charge < -0.3 is 0 Å². The number of benzene rings is 1. The van der Waals surface area contributed by atoms with Crippen LogP contribution >= 0.6 is 0 Å². The summed E-state index contributed by atoms with van der Waals surface area (Å²) in [6.45, 7) is 0. The van der Waals surface area contributed by atoms with E-state index in [0.717, 1.165) is 0 Å². The van der Waals surface area contributed by atoms with Crippen molar-refractivity contribution in [3.8, 4) is 0 Å². The van der Waals surface area contributed by atoms with Crippen molar-refractivity contribution in [3.63, 3.8) is 0 Å². The molecule has 0 amide bonds. The van der Waals surface area contributed by atoms with E-state index in [1.54, 1.807) is 18.2 Å². The fourth-order valence-corrected chi connectivity index (χ4v) is 1.25. The van der Waals surface area contributed by atoms with Gasteiger partial charge in [0.1, 0.15) is 0 Å². The molecule has 2 N–H and O–H groups in total. The Bertz CT molecular complexity index is 340. The lowest BCUT2D eigenvalue weighted by atomic mass is 10.4. The highest BCUT2D eigenvalue weighted by Gasteiger charge is 2.05. The first-order chi connectivity index (χ1) is 5.17. The van der Waals surface area contributed by atoms with Crippen LogP contribution in [0.3, 0.4) is 0 Å². The van der Waals surface area contributed by atoms with E-state index in [0.29, 0.717) is 0 Å². The van der Waals surface area contributed by atoms with Crippen molar-refractivity contribution in [2.75, 3.05) is 0 Å². The summed E-state index contributed by atoms with van der Waals surface area (Å²) in [5.74, 6) is 0. The van der Waals surface area contributed by atoms with Crippen LogP contribution in [0, 0.1) is 0 Å². The topological polar surface area (TPSA) is 69.9 Å². The minimum absolute atomic E-state index is 0.0995. The van der Waals surface area contributed by atoms with Crippen molar-refractivity contribution in [1.82, 2.24) is 0 Å². The lowest BCUT2D eigenvalue weighted by Crippen LogP contribution is -1.96. The molecular formula is C6H7NO3S. The van der Waals surface area contributed by atoms with Gasteiger partial charge in [0.2, 0.25) is 10.0 Å². The zero-order valence-electron chi connectivity index (χ0n) is 5.54. The van der Waals surface area contributed by atoms with Crippen LogP contribution in [0.25, 0.3) is 0 Å². The van der Waals surface area contributed by atoms with E-state index in [4.69, 9.17) is 9.76 Å². The molecule has 0 spiro atoms. The Balaban J connectivity index is 3.25. The smallest absolute Gasteiger partial charge is 0.216 e. The van der Waals surface area contributed by atoms with Gasteiger partial charge in [-0.1, -0.05) is 22.7 Å². The largest absolute Gasteiger partial charge is 0.295 e. The van der Waals surface area contributed by atoms with Gasteiger partial charge in [-0.15, -0.1) is 0 Å². The Labute approximate surface area is 64.5 Å². The van der Waals surface area contributed by atoms with E-state index in [1.807, 2.05) is 0 Å². The normalized spacial score (nSPS) is 15.5. The van der Waals surface area contributed by atoms with Crippen LogP contribution in [0.2, 0.25) is 0 Å². The Kier molecular flexibility index (Phi) is 2.23. The molecular weight excluding hydrogens is 166 g/mol. The first kappa shape index (κ1) is 8.19. The second kappa shape index (κ2) is 3.00. The monoisotopic (exact) mass is 173 g/mol. The second-order valence-electron chi connectivity index (χ2n) is 1.89. The van der Waals surface area contributed by atoms with Gasteiger partial charge in [-0.05, 0) is 12.1 Å². The maximum absolute atomic E-state index is 10.9. The van der Waals surface area contributed by atoms with Crippen LogP contribution in [0.4, 0.5) is 0 Å². The summed E-state index contributed by atoms with van der Waals surface area (Å²) in [6, 6.07) is 7.73. The third kappa shape index (κ3) is 1.76. The lowest BCUT2D eigenvalue weighted by molar-refractivity contribution is 0.316. The molecule has 0 fully saturated rings. The van der Waals surface area contributed by atoms with Gasteiger partial charge in [0.15, 0.2) is 0 Å². The van der Waals surface area contributed by atoms with Gasteiger partial charge >= 0.3 is 0 Å². The average molecular weight is 173 g/mol. The van der Waals surface area contributed by atoms with Crippen LogP contribution in [-0.2, 0) is 10.0 Å². The van der Waals surface area contributed by atoms with E-state index in [-0.39, 0.29) is 4.90 Å². The first-order valence-electron chi connectivity index (χ1n) is 2.85. The minimum atomic E-state index is -3.57. The fourth-order valence-electron chi connectivity index (χ4n) is 0.645. The van der Waals surface area contributed by atoms with Crippen LogP contribution in [-0.4, -0.2) is 14.0 Å². The van der Waals surface area contributed by atoms with Crippen molar-refractivity contribution < 1.29 is 14.0 Å². The molecule has 0 heterocycles. The number of nitrogens with zero attached hydrogens (tertiary/aromatic N) is 1. The Morgan fingerprint density at radius 3 is 2.27 bits per heavy atom. The molecule has 1 aromatic rings. The maximum Gasteiger partial charge on any atom is 0.216 e. The lowest BCUT2D eigenvalue weighted by Gasteiger charge is -1.97. The molecule has 0 saturated carbocycles. The molecule has 0 bridgehead atoms. The van der Waals surface area contributed by atoms with Crippen LogP contribution < -0.4 is 0 Å². The summed E-state index contributed by atoms with van der Waals surface area (Å²) >= 11 is 0. The maximum atomic E-state index is 10.9. The molecule has 0 aliphatic rings. The van der Waals surface area contributed by atoms with E-state index in [9.17, 15) is 4.21 Å². The Hall–Kier alpha value is -0.910. The summed E-state index contributed by atoms with van der Waals surface area (Å²) < 4.78 is 22.2. The van der Waals surface area contributed by atoms with Crippen molar-refractivity contribution in [2.45, 2.75) is 4.90 Å². The number of rotatable bonds is 1. The van der Waals surface area contributed by atoms with Crippen molar-refractivity contribution in [2.24, 2.45) is 4.53 Å². The Morgan fingerprint density at radius 1 is 1.27 bits per heavy atom. The van der Waals surface area contributed by atoms with E-state index < -0.39 is 10.0 Å². The van der Waals surface area contributed by atoms with Gasteiger partial charge in [0.05, 0.1) is 4.90 Å². The second-order valence-corrected chi connectivity index (χ2v) is 3.52. The van der Waals surface area contributed by atoms with Gasteiger partial charge in [-0.25, -0.2) is 4.21 Å². The molecule has 1 unspecified atom stereocenters. The van der Waals surface area contributed by atoms with Crippen LogP contribution in [0.5, 0.6) is 0 Å². The van der Waals surface area contributed by atoms with Gasteiger partial charge in [0, 0.05) is 0 Å². The predicted molar refractivity (Wildman–Crippen MR) is 39.7 cm³/mol. The average Bonchev–Trinajstić information content (AvgIpc) is 2.06. The van der Waals surface area contributed by atoms with Gasteiger partial charge in [-0.2, -0.15) is 0 Å². The quantitative estimate of drug-likeness (QED) is 0.630. The Morgan fingerprint density at radius 2 is 1.82 bits per heavy atom. The summed E-state index contributed by atoms with van der Waals surface area (Å²) in [4.78, 5) is 0.0995. The molecule has 1 rings (SSSR count). The minimum Gasteiger partial charge on any atom is -0.295 e. The molecule has 11 heavy (non-hydrogen) atoms. The predicted octanol–water partition coefficient (Wildman–Crippen LogP) is 1.38. The van der Waals surface area contributed by atoms with Gasteiger partial charge in [0.25, 0.3) is 0 Å². The van der Waals surface area contributed by atoms with Gasteiger partial charge in [-0.3, -0.25) is 9.76 Å². The zero-order chi connectivity index (χ0) is 8.32. The standard InChI is InChI=1S/C6H7NO3S/c8-7-11(9,10)6-4-2-1-3-5-6/h1-5,8H,(H,7,9,10). The highest BCUT2D eigenvalue weighted by molar-refractivity contribution is 7.88. The molecule has 0 saturated heterocycles. The highest BCUT2D eigenvalue weighted by Crippen LogP contribution is 2.08. The fraction of sp³-hybridized carbons (Fsp3) is 0. The molecule has 0 radical (unpaired) electrons. The first-order valence-corrected chi connectivity index (χ1v) is 4.32. The number of hydrogen-bond acceptors (Lipinski definition) is 2. The molecule has 1 atom stereocenters. The third-order valence-electron chi connectivity index (χ3n) is 1.16. The molecule has 60 valence electrons. The summed E-state index contributed by atoms with van der Waals surface area (Å²) in [6.07, 6.45) is 0. The molecule has 0 aliphatic carbocycles. The SMILES string of the molecule is O=S(O)(=NO)c1ccccc1. The summed E-state index contributed by atoms with van der Waals surface area (Å²) in [7, 11) is -3.57. The number of hydrogen-bond donors (Lipinski definition) is 2. The zero-order valence-corrected chi connectivity index (χ0v) is 6.36. The molecule has 0 aromatic heterocycles. The van der Waals surface area contributed by atoms with Crippen molar-refractivity contribution >= 4 is 10.0 Å². The molecule has 4 nitrogen and oxygen atoms in total. The summed E-state index contributed by atoms with van der Waals surface area (Å²) in [5, 5.41) is 8.15.